The predicted octanol–water partition coefficient (Wildman–Crippen LogP) is 4.20. The fourth-order valence-electron chi connectivity index (χ4n) is 3.08. The van der Waals surface area contributed by atoms with Crippen LogP contribution in [0.4, 0.5) is 11.8 Å². The number of anilines is 2. The molecule has 5 nitrogen and oxygen atoms in total. The summed E-state index contributed by atoms with van der Waals surface area (Å²) >= 11 is 0. The first-order valence-corrected chi connectivity index (χ1v) is 9.00. The lowest BCUT2D eigenvalue weighted by molar-refractivity contribution is 0.848. The highest BCUT2D eigenvalue weighted by Gasteiger charge is 2.12. The Bertz CT molecular complexity index is 937. The van der Waals surface area contributed by atoms with Gasteiger partial charge in [0.25, 0.3) is 0 Å². The summed E-state index contributed by atoms with van der Waals surface area (Å²) in [5, 5.41) is 12.3. The molecule has 1 aromatic heterocycles. The van der Waals surface area contributed by atoms with Crippen LogP contribution in [0.15, 0.2) is 54.6 Å². The fraction of sp³-hybridized carbons (Fsp3) is 0.227. The summed E-state index contributed by atoms with van der Waals surface area (Å²) < 4.78 is 0. The van der Waals surface area contributed by atoms with Gasteiger partial charge in [-0.05, 0) is 49.9 Å². The van der Waals surface area contributed by atoms with Crippen molar-refractivity contribution in [2.75, 3.05) is 11.1 Å². The molecule has 2 aromatic carbocycles. The molecule has 1 atom stereocenters. The first-order chi connectivity index (χ1) is 13.1. The molecule has 1 heterocycles. The van der Waals surface area contributed by atoms with E-state index in [1.807, 2.05) is 43.3 Å². The van der Waals surface area contributed by atoms with E-state index >= 15 is 0 Å². The molecule has 0 spiro atoms. The molecule has 0 aliphatic rings. The van der Waals surface area contributed by atoms with E-state index in [0.717, 1.165) is 29.7 Å². The van der Waals surface area contributed by atoms with Gasteiger partial charge >= 0.3 is 0 Å². The Morgan fingerprint density at radius 3 is 2.56 bits per heavy atom. The van der Waals surface area contributed by atoms with Crippen molar-refractivity contribution >= 4 is 11.8 Å². The van der Waals surface area contributed by atoms with Gasteiger partial charge in [0.05, 0.1) is 17.7 Å². The van der Waals surface area contributed by atoms with E-state index in [1.165, 1.54) is 5.56 Å². The zero-order valence-corrected chi connectivity index (χ0v) is 15.6. The van der Waals surface area contributed by atoms with E-state index < -0.39 is 0 Å². The Kier molecular flexibility index (Phi) is 5.68. The summed E-state index contributed by atoms with van der Waals surface area (Å²) in [5.41, 5.74) is 11.0. The van der Waals surface area contributed by atoms with Crippen LogP contribution in [0.3, 0.4) is 0 Å². The molecule has 5 heteroatoms. The number of aromatic nitrogens is 2. The lowest BCUT2D eigenvalue weighted by Gasteiger charge is -2.16. The van der Waals surface area contributed by atoms with Gasteiger partial charge in [0.15, 0.2) is 0 Å². The van der Waals surface area contributed by atoms with Crippen molar-refractivity contribution in [3.05, 3.63) is 82.5 Å². The molecule has 3 aromatic rings. The number of nitrogens with zero attached hydrogens (tertiary/aromatic N) is 3. The van der Waals surface area contributed by atoms with Gasteiger partial charge in [-0.25, -0.2) is 4.98 Å². The number of nitriles is 1. The molecule has 0 bridgehead atoms. The zero-order valence-electron chi connectivity index (χ0n) is 15.6. The molecule has 0 unspecified atom stereocenters. The van der Waals surface area contributed by atoms with Gasteiger partial charge in [0, 0.05) is 11.3 Å². The standard InChI is InChI=1S/C22H23N5/c1-15(19-9-4-3-5-10-19)25-22-26-16(2)20(21(24)27-22)12-11-17-7-6-8-18(13-17)14-23/h3-10,13,15H,11-12H2,1-2H3,(H3,24,25,26,27)/t15-/m0/s1. The van der Waals surface area contributed by atoms with Crippen LogP contribution in [0.1, 0.15) is 40.9 Å². The molecule has 27 heavy (non-hydrogen) atoms. The number of aryl methyl sites for hydroxylation is 2. The first kappa shape index (κ1) is 18.4. The third-order valence-corrected chi connectivity index (χ3v) is 4.61. The Morgan fingerprint density at radius 1 is 1.07 bits per heavy atom. The van der Waals surface area contributed by atoms with Crippen molar-refractivity contribution in [1.82, 2.24) is 9.97 Å². The third-order valence-electron chi connectivity index (χ3n) is 4.61. The van der Waals surface area contributed by atoms with Gasteiger partial charge in [-0.1, -0.05) is 42.5 Å². The second-order valence-electron chi connectivity index (χ2n) is 6.59. The summed E-state index contributed by atoms with van der Waals surface area (Å²) in [7, 11) is 0. The maximum Gasteiger partial charge on any atom is 0.225 e. The van der Waals surface area contributed by atoms with Crippen molar-refractivity contribution in [2.45, 2.75) is 32.7 Å². The SMILES string of the molecule is Cc1nc(N[C@@H](C)c2ccccc2)nc(N)c1CCc1cccc(C#N)c1. The second-order valence-corrected chi connectivity index (χ2v) is 6.59. The van der Waals surface area contributed by atoms with Crippen LogP contribution in [0.2, 0.25) is 0 Å². The molecule has 0 amide bonds. The minimum atomic E-state index is 0.0876. The monoisotopic (exact) mass is 357 g/mol. The quantitative estimate of drug-likeness (QED) is 0.690. The van der Waals surface area contributed by atoms with E-state index in [9.17, 15) is 0 Å². The number of hydrogen-bond acceptors (Lipinski definition) is 5. The number of nitrogens with one attached hydrogen (secondary N) is 1. The lowest BCUT2D eigenvalue weighted by Crippen LogP contribution is -2.13. The molecule has 0 radical (unpaired) electrons. The minimum Gasteiger partial charge on any atom is -0.383 e. The van der Waals surface area contributed by atoms with E-state index in [1.54, 1.807) is 6.07 Å². The van der Waals surface area contributed by atoms with Gasteiger partial charge in [0.2, 0.25) is 5.95 Å². The summed E-state index contributed by atoms with van der Waals surface area (Å²) in [4.78, 5) is 9.04. The molecular weight excluding hydrogens is 334 g/mol. The van der Waals surface area contributed by atoms with Crippen LogP contribution in [0.25, 0.3) is 0 Å². The van der Waals surface area contributed by atoms with Crippen molar-refractivity contribution in [3.63, 3.8) is 0 Å². The maximum absolute atomic E-state index is 9.02. The number of nitrogens with two attached hydrogens (primary N) is 1. The van der Waals surface area contributed by atoms with Crippen LogP contribution in [-0.4, -0.2) is 9.97 Å². The van der Waals surface area contributed by atoms with Crippen molar-refractivity contribution < 1.29 is 0 Å². The molecule has 3 N–H and O–H groups in total. The van der Waals surface area contributed by atoms with Crippen LogP contribution in [-0.2, 0) is 12.8 Å². The van der Waals surface area contributed by atoms with E-state index in [4.69, 9.17) is 11.0 Å². The van der Waals surface area contributed by atoms with Crippen LogP contribution < -0.4 is 11.1 Å². The zero-order chi connectivity index (χ0) is 19.2. The average Bonchev–Trinajstić information content (AvgIpc) is 2.68. The van der Waals surface area contributed by atoms with Crippen molar-refractivity contribution in [3.8, 4) is 6.07 Å². The van der Waals surface area contributed by atoms with Gasteiger partial charge < -0.3 is 11.1 Å². The molecule has 136 valence electrons. The van der Waals surface area contributed by atoms with Crippen LogP contribution in [0.5, 0.6) is 0 Å². The van der Waals surface area contributed by atoms with Gasteiger partial charge in [-0.3, -0.25) is 0 Å². The van der Waals surface area contributed by atoms with Crippen LogP contribution >= 0.6 is 0 Å². The Labute approximate surface area is 159 Å². The minimum absolute atomic E-state index is 0.0876. The topological polar surface area (TPSA) is 87.6 Å². The maximum atomic E-state index is 9.02. The van der Waals surface area contributed by atoms with E-state index in [0.29, 0.717) is 17.3 Å². The van der Waals surface area contributed by atoms with Gasteiger partial charge in [-0.15, -0.1) is 0 Å². The number of rotatable bonds is 6. The number of hydrogen-bond donors (Lipinski definition) is 2. The summed E-state index contributed by atoms with van der Waals surface area (Å²) in [6, 6.07) is 20.0. The highest BCUT2D eigenvalue weighted by molar-refractivity contribution is 5.48. The Morgan fingerprint density at radius 2 is 1.85 bits per heavy atom. The highest BCUT2D eigenvalue weighted by atomic mass is 15.1. The average molecular weight is 357 g/mol. The molecule has 3 rings (SSSR count). The first-order valence-electron chi connectivity index (χ1n) is 9.00. The van der Waals surface area contributed by atoms with E-state index in [-0.39, 0.29) is 6.04 Å². The summed E-state index contributed by atoms with van der Waals surface area (Å²) in [6.07, 6.45) is 1.53. The third kappa shape index (κ3) is 4.62. The summed E-state index contributed by atoms with van der Waals surface area (Å²) in [5.74, 6) is 1.04. The predicted molar refractivity (Wildman–Crippen MR) is 108 cm³/mol. The Balaban J connectivity index is 1.72. The van der Waals surface area contributed by atoms with E-state index in [2.05, 4.69) is 40.4 Å². The van der Waals surface area contributed by atoms with Crippen molar-refractivity contribution in [2.24, 2.45) is 0 Å². The van der Waals surface area contributed by atoms with Crippen LogP contribution in [0, 0.1) is 18.3 Å². The number of nitrogen functional groups attached to an aromatic ring is 1. The highest BCUT2D eigenvalue weighted by Crippen LogP contribution is 2.21. The largest absolute Gasteiger partial charge is 0.383 e. The van der Waals surface area contributed by atoms with Gasteiger partial charge in [0.1, 0.15) is 5.82 Å². The Hall–Kier alpha value is -3.39. The lowest BCUT2D eigenvalue weighted by atomic mass is 10.0. The molecule has 0 saturated heterocycles. The molecular formula is C22H23N5. The fourth-order valence-corrected chi connectivity index (χ4v) is 3.08. The number of benzene rings is 2. The van der Waals surface area contributed by atoms with Crippen molar-refractivity contribution in [1.29, 1.82) is 5.26 Å². The second kappa shape index (κ2) is 8.33. The van der Waals surface area contributed by atoms with Gasteiger partial charge in [-0.2, -0.15) is 10.2 Å². The molecule has 0 aliphatic heterocycles. The molecule has 0 saturated carbocycles. The molecule has 0 fully saturated rings. The normalized spacial score (nSPS) is 11.6. The molecule has 0 aliphatic carbocycles. The summed E-state index contributed by atoms with van der Waals surface area (Å²) in [6.45, 7) is 4.03. The smallest absolute Gasteiger partial charge is 0.225 e.